The molecule has 0 N–H and O–H groups in total. The molecule has 2 heteroatoms. The molecule has 1 nitrogen and oxygen atoms in total. The van der Waals surface area contributed by atoms with Crippen molar-refractivity contribution < 1.29 is 0 Å². The van der Waals surface area contributed by atoms with Crippen LogP contribution < -0.4 is 0 Å². The maximum Gasteiger partial charge on any atom is 0.00662 e. The summed E-state index contributed by atoms with van der Waals surface area (Å²) in [5, 5.41) is 0. The van der Waals surface area contributed by atoms with Gasteiger partial charge in [-0.15, -0.1) is 0 Å². The minimum Gasteiger partial charge on any atom is -0.309 e. The highest BCUT2D eigenvalue weighted by atomic mass is 32.2. The Hall–Kier alpha value is 0.310. The zero-order chi connectivity index (χ0) is 8.69. The van der Waals surface area contributed by atoms with Gasteiger partial charge in [-0.25, -0.2) is 0 Å². The number of thioether (sulfide) groups is 1. The zero-order valence-corrected chi connectivity index (χ0v) is 9.08. The van der Waals surface area contributed by atoms with Crippen molar-refractivity contribution in [3.8, 4) is 0 Å². The predicted molar refractivity (Wildman–Crippen MR) is 55.3 cm³/mol. The monoisotopic (exact) mass is 175 g/mol. The SMILES string of the molecule is CC[C@H](C)CSCCN(C)C. The van der Waals surface area contributed by atoms with Gasteiger partial charge in [0.2, 0.25) is 0 Å². The summed E-state index contributed by atoms with van der Waals surface area (Å²) in [6.45, 7) is 5.79. The van der Waals surface area contributed by atoms with Crippen LogP contribution in [0.25, 0.3) is 0 Å². The molecule has 0 aliphatic rings. The summed E-state index contributed by atoms with van der Waals surface area (Å²) < 4.78 is 0. The van der Waals surface area contributed by atoms with Gasteiger partial charge in [-0.1, -0.05) is 20.3 Å². The lowest BCUT2D eigenvalue weighted by atomic mass is 10.2. The van der Waals surface area contributed by atoms with E-state index < -0.39 is 0 Å². The first-order chi connectivity index (χ1) is 5.16. The molecule has 0 radical (unpaired) electrons. The molecule has 0 aromatic carbocycles. The van der Waals surface area contributed by atoms with E-state index in [2.05, 4.69) is 44.6 Å². The third-order valence-electron chi connectivity index (χ3n) is 1.78. The Balaban J connectivity index is 3.01. The van der Waals surface area contributed by atoms with Crippen molar-refractivity contribution in [3.05, 3.63) is 0 Å². The van der Waals surface area contributed by atoms with Gasteiger partial charge >= 0.3 is 0 Å². The second-order valence-electron chi connectivity index (χ2n) is 3.39. The second-order valence-corrected chi connectivity index (χ2v) is 4.54. The molecule has 0 amide bonds. The molecule has 11 heavy (non-hydrogen) atoms. The number of rotatable bonds is 6. The van der Waals surface area contributed by atoms with Crippen LogP contribution in [0.4, 0.5) is 0 Å². The highest BCUT2D eigenvalue weighted by Gasteiger charge is 1.98. The predicted octanol–water partition coefficient (Wildman–Crippen LogP) is 2.33. The number of hydrogen-bond acceptors (Lipinski definition) is 2. The molecule has 0 fully saturated rings. The van der Waals surface area contributed by atoms with E-state index in [1.54, 1.807) is 0 Å². The molecule has 0 unspecified atom stereocenters. The smallest absolute Gasteiger partial charge is 0.00662 e. The Labute approximate surface area is 75.5 Å². The highest BCUT2D eigenvalue weighted by Crippen LogP contribution is 2.10. The Morgan fingerprint density at radius 1 is 1.36 bits per heavy atom. The lowest BCUT2D eigenvalue weighted by Gasteiger charge is -2.10. The molecule has 0 aliphatic heterocycles. The van der Waals surface area contributed by atoms with E-state index in [0.29, 0.717) is 0 Å². The summed E-state index contributed by atoms with van der Waals surface area (Å²) in [6.07, 6.45) is 1.31. The van der Waals surface area contributed by atoms with E-state index in [-0.39, 0.29) is 0 Å². The fourth-order valence-electron chi connectivity index (χ4n) is 0.649. The standard InChI is InChI=1S/C9H21NS/c1-5-9(2)8-11-7-6-10(3)4/h9H,5-8H2,1-4H3/t9-/m0/s1. The molecule has 0 spiro atoms. The molecule has 0 bridgehead atoms. The van der Waals surface area contributed by atoms with Crippen LogP contribution >= 0.6 is 11.8 Å². The molecule has 0 aliphatic carbocycles. The lowest BCUT2D eigenvalue weighted by molar-refractivity contribution is 0.437. The molecule has 0 aromatic rings. The maximum atomic E-state index is 2.32. The summed E-state index contributed by atoms with van der Waals surface area (Å²) >= 11 is 2.07. The van der Waals surface area contributed by atoms with Crippen LogP contribution in [0.3, 0.4) is 0 Å². The first kappa shape index (κ1) is 11.3. The molecule has 68 valence electrons. The molecule has 1 atom stereocenters. The number of hydrogen-bond donors (Lipinski definition) is 0. The van der Waals surface area contributed by atoms with Crippen molar-refractivity contribution in [2.45, 2.75) is 20.3 Å². The molecule has 0 saturated carbocycles. The Bertz CT molecular complexity index is 83.6. The average Bonchev–Trinajstić information content (AvgIpc) is 1.97. The van der Waals surface area contributed by atoms with E-state index in [1.807, 2.05) is 0 Å². The van der Waals surface area contributed by atoms with E-state index >= 15 is 0 Å². The Morgan fingerprint density at radius 3 is 2.45 bits per heavy atom. The van der Waals surface area contributed by atoms with Crippen LogP contribution in [0.2, 0.25) is 0 Å². The van der Waals surface area contributed by atoms with Gasteiger partial charge in [0.15, 0.2) is 0 Å². The fraction of sp³-hybridized carbons (Fsp3) is 1.00. The fourth-order valence-corrected chi connectivity index (χ4v) is 1.95. The third kappa shape index (κ3) is 8.21. The van der Waals surface area contributed by atoms with Gasteiger partial charge in [-0.2, -0.15) is 11.8 Å². The second kappa shape index (κ2) is 6.99. The summed E-state index contributed by atoms with van der Waals surface area (Å²) in [7, 11) is 4.26. The lowest BCUT2D eigenvalue weighted by Crippen LogP contribution is -2.15. The van der Waals surface area contributed by atoms with Crippen molar-refractivity contribution in [2.75, 3.05) is 32.1 Å². The van der Waals surface area contributed by atoms with Crippen LogP contribution in [0, 0.1) is 5.92 Å². The summed E-state index contributed by atoms with van der Waals surface area (Å²) in [6, 6.07) is 0. The van der Waals surface area contributed by atoms with Gasteiger partial charge in [0.25, 0.3) is 0 Å². The molecule has 0 rings (SSSR count). The summed E-state index contributed by atoms with van der Waals surface area (Å²) in [4.78, 5) is 2.24. The van der Waals surface area contributed by atoms with Crippen LogP contribution in [0.1, 0.15) is 20.3 Å². The van der Waals surface area contributed by atoms with E-state index in [4.69, 9.17) is 0 Å². The molecule has 0 aromatic heterocycles. The first-order valence-electron chi connectivity index (χ1n) is 4.39. The van der Waals surface area contributed by atoms with E-state index in [0.717, 1.165) is 5.92 Å². The van der Waals surface area contributed by atoms with Gasteiger partial charge in [0.05, 0.1) is 0 Å². The van der Waals surface area contributed by atoms with Gasteiger partial charge in [-0.05, 0) is 25.8 Å². The molecular formula is C9H21NS. The van der Waals surface area contributed by atoms with Gasteiger partial charge in [-0.3, -0.25) is 0 Å². The molecular weight excluding hydrogens is 154 g/mol. The van der Waals surface area contributed by atoms with Gasteiger partial charge in [0, 0.05) is 12.3 Å². The normalized spacial score (nSPS) is 13.9. The summed E-state index contributed by atoms with van der Waals surface area (Å²) in [5.74, 6) is 3.49. The zero-order valence-electron chi connectivity index (χ0n) is 8.26. The van der Waals surface area contributed by atoms with Gasteiger partial charge in [0.1, 0.15) is 0 Å². The number of nitrogens with zero attached hydrogens (tertiary/aromatic N) is 1. The first-order valence-corrected chi connectivity index (χ1v) is 5.54. The van der Waals surface area contributed by atoms with Crippen LogP contribution in [0.5, 0.6) is 0 Å². The highest BCUT2D eigenvalue weighted by molar-refractivity contribution is 7.99. The minimum atomic E-state index is 0.891. The Kier molecular flexibility index (Phi) is 7.18. The van der Waals surface area contributed by atoms with Crippen molar-refractivity contribution >= 4 is 11.8 Å². The largest absolute Gasteiger partial charge is 0.309 e. The molecule has 0 saturated heterocycles. The Morgan fingerprint density at radius 2 is 2.00 bits per heavy atom. The van der Waals surface area contributed by atoms with Crippen LogP contribution in [-0.2, 0) is 0 Å². The quantitative estimate of drug-likeness (QED) is 0.570. The van der Waals surface area contributed by atoms with Crippen molar-refractivity contribution in [1.82, 2.24) is 4.90 Å². The average molecular weight is 175 g/mol. The minimum absolute atomic E-state index is 0.891. The van der Waals surface area contributed by atoms with Crippen LogP contribution in [-0.4, -0.2) is 37.0 Å². The van der Waals surface area contributed by atoms with Crippen LogP contribution in [0.15, 0.2) is 0 Å². The van der Waals surface area contributed by atoms with Crippen molar-refractivity contribution in [3.63, 3.8) is 0 Å². The topological polar surface area (TPSA) is 3.24 Å². The van der Waals surface area contributed by atoms with Crippen molar-refractivity contribution in [2.24, 2.45) is 5.92 Å². The van der Waals surface area contributed by atoms with E-state index in [9.17, 15) is 0 Å². The van der Waals surface area contributed by atoms with E-state index in [1.165, 1.54) is 24.5 Å². The van der Waals surface area contributed by atoms with Crippen molar-refractivity contribution in [1.29, 1.82) is 0 Å². The third-order valence-corrected chi connectivity index (χ3v) is 3.06. The maximum absolute atomic E-state index is 2.32. The summed E-state index contributed by atoms with van der Waals surface area (Å²) in [5.41, 5.74) is 0. The molecule has 0 heterocycles. The van der Waals surface area contributed by atoms with Gasteiger partial charge < -0.3 is 4.90 Å².